The molecular weight excluding hydrogens is 288 g/mol. The van der Waals surface area contributed by atoms with E-state index in [-0.39, 0.29) is 23.8 Å². The van der Waals surface area contributed by atoms with Crippen LogP contribution in [0.4, 0.5) is 0 Å². The van der Waals surface area contributed by atoms with Gasteiger partial charge in [0.05, 0.1) is 12.0 Å². The van der Waals surface area contributed by atoms with Gasteiger partial charge in [-0.15, -0.1) is 0 Å². The van der Waals surface area contributed by atoms with E-state index in [9.17, 15) is 9.59 Å². The van der Waals surface area contributed by atoms with Crippen LogP contribution in [-0.2, 0) is 9.59 Å². The molecule has 1 aromatic rings. The summed E-state index contributed by atoms with van der Waals surface area (Å²) in [5.74, 6) is -0.00720. The number of hydrogen-bond donors (Lipinski definition) is 0. The van der Waals surface area contributed by atoms with Crippen LogP contribution in [0, 0.1) is 12.8 Å². The van der Waals surface area contributed by atoms with Crippen molar-refractivity contribution < 1.29 is 9.59 Å². The van der Waals surface area contributed by atoms with E-state index in [1.54, 1.807) is 4.90 Å². The second-order valence-electron chi connectivity index (χ2n) is 6.91. The van der Waals surface area contributed by atoms with Crippen LogP contribution in [0.15, 0.2) is 24.3 Å². The lowest BCUT2D eigenvalue weighted by atomic mass is 9.92. The predicted octanol–water partition coefficient (Wildman–Crippen LogP) is 2.92. The number of benzene rings is 1. The first-order chi connectivity index (χ1) is 11.1. The number of carbonyl (C=O) groups is 2. The zero-order valence-electron chi connectivity index (χ0n) is 14.1. The molecule has 2 heterocycles. The zero-order valence-corrected chi connectivity index (χ0v) is 14.1. The van der Waals surface area contributed by atoms with Crippen molar-refractivity contribution in [2.45, 2.75) is 45.1 Å². The maximum Gasteiger partial charge on any atom is 0.228 e. The fourth-order valence-electron chi connectivity index (χ4n) is 3.84. The highest BCUT2D eigenvalue weighted by atomic mass is 16.2. The van der Waals surface area contributed by atoms with E-state index in [1.807, 2.05) is 18.9 Å². The summed E-state index contributed by atoms with van der Waals surface area (Å²) in [6, 6.07) is 8.09. The molecule has 0 aromatic heterocycles. The minimum Gasteiger partial charge on any atom is -0.342 e. The lowest BCUT2D eigenvalue weighted by Crippen LogP contribution is -2.39. The maximum atomic E-state index is 13.0. The van der Waals surface area contributed by atoms with Gasteiger partial charge in [0, 0.05) is 26.6 Å². The molecule has 2 fully saturated rings. The van der Waals surface area contributed by atoms with Gasteiger partial charge < -0.3 is 9.80 Å². The molecule has 2 saturated heterocycles. The summed E-state index contributed by atoms with van der Waals surface area (Å²) >= 11 is 0. The van der Waals surface area contributed by atoms with E-state index in [2.05, 4.69) is 24.3 Å². The molecule has 0 radical (unpaired) electrons. The molecule has 3 rings (SSSR count). The first-order valence-electron chi connectivity index (χ1n) is 8.69. The topological polar surface area (TPSA) is 40.6 Å². The van der Waals surface area contributed by atoms with E-state index >= 15 is 0 Å². The average molecular weight is 314 g/mol. The fraction of sp³-hybridized carbons (Fsp3) is 0.579. The van der Waals surface area contributed by atoms with Crippen molar-refractivity contribution in [3.05, 3.63) is 35.4 Å². The van der Waals surface area contributed by atoms with Gasteiger partial charge in [0.1, 0.15) is 0 Å². The van der Waals surface area contributed by atoms with Crippen molar-refractivity contribution in [3.8, 4) is 0 Å². The largest absolute Gasteiger partial charge is 0.342 e. The Morgan fingerprint density at radius 3 is 2.26 bits per heavy atom. The Hall–Kier alpha value is -1.84. The number of carbonyl (C=O) groups excluding carboxylic acids is 2. The van der Waals surface area contributed by atoms with Crippen molar-refractivity contribution >= 4 is 11.8 Å². The Balaban J connectivity index is 1.84. The second-order valence-corrected chi connectivity index (χ2v) is 6.91. The summed E-state index contributed by atoms with van der Waals surface area (Å²) in [5, 5.41) is 0. The SMILES string of the molecule is Cc1ccc([C@H]2[C@H](C(=O)N3CCCCCC3)CC(=O)N2C)cc1. The highest BCUT2D eigenvalue weighted by Crippen LogP contribution is 2.38. The molecule has 0 unspecified atom stereocenters. The van der Waals surface area contributed by atoms with Crippen LogP contribution in [0.2, 0.25) is 0 Å². The van der Waals surface area contributed by atoms with Crippen molar-refractivity contribution in [1.29, 1.82) is 0 Å². The van der Waals surface area contributed by atoms with E-state index in [1.165, 1.54) is 18.4 Å². The number of aryl methyl sites for hydroxylation is 1. The van der Waals surface area contributed by atoms with Crippen LogP contribution in [0.25, 0.3) is 0 Å². The average Bonchev–Trinajstić information content (AvgIpc) is 2.75. The molecular formula is C19H26N2O2. The van der Waals surface area contributed by atoms with E-state index < -0.39 is 0 Å². The van der Waals surface area contributed by atoms with Crippen LogP contribution in [0.1, 0.15) is 49.3 Å². The van der Waals surface area contributed by atoms with Gasteiger partial charge in [-0.05, 0) is 25.3 Å². The molecule has 2 aliphatic rings. The minimum atomic E-state index is -0.242. The lowest BCUT2D eigenvalue weighted by Gasteiger charge is -2.29. The highest BCUT2D eigenvalue weighted by molar-refractivity contribution is 5.90. The molecule has 4 heteroatoms. The Labute approximate surface area is 138 Å². The molecule has 2 atom stereocenters. The van der Waals surface area contributed by atoms with Gasteiger partial charge in [-0.2, -0.15) is 0 Å². The van der Waals surface area contributed by atoms with Gasteiger partial charge in [-0.25, -0.2) is 0 Å². The van der Waals surface area contributed by atoms with Crippen LogP contribution in [0.3, 0.4) is 0 Å². The van der Waals surface area contributed by atoms with E-state index in [0.29, 0.717) is 6.42 Å². The molecule has 0 saturated carbocycles. The Kier molecular flexibility index (Phi) is 4.69. The smallest absolute Gasteiger partial charge is 0.228 e. The van der Waals surface area contributed by atoms with Gasteiger partial charge in [0.2, 0.25) is 11.8 Å². The monoisotopic (exact) mass is 314 g/mol. The van der Waals surface area contributed by atoms with Crippen molar-refractivity contribution in [3.63, 3.8) is 0 Å². The Morgan fingerprint density at radius 1 is 1.04 bits per heavy atom. The molecule has 0 aliphatic carbocycles. The molecule has 0 bridgehead atoms. The van der Waals surface area contributed by atoms with Gasteiger partial charge in [0.15, 0.2) is 0 Å². The first-order valence-corrected chi connectivity index (χ1v) is 8.69. The number of likely N-dealkylation sites (tertiary alicyclic amines) is 2. The van der Waals surface area contributed by atoms with Crippen molar-refractivity contribution in [2.24, 2.45) is 5.92 Å². The van der Waals surface area contributed by atoms with Crippen molar-refractivity contribution in [1.82, 2.24) is 9.80 Å². The molecule has 1 aromatic carbocycles. The van der Waals surface area contributed by atoms with Gasteiger partial charge in [-0.1, -0.05) is 42.7 Å². The van der Waals surface area contributed by atoms with Crippen molar-refractivity contribution in [2.75, 3.05) is 20.1 Å². The Bertz CT molecular complexity index is 574. The summed E-state index contributed by atoms with van der Waals surface area (Å²) < 4.78 is 0. The number of hydrogen-bond acceptors (Lipinski definition) is 2. The molecule has 2 aliphatic heterocycles. The molecule has 23 heavy (non-hydrogen) atoms. The summed E-state index contributed by atoms with van der Waals surface area (Å²) in [6.07, 6.45) is 4.91. The third-order valence-electron chi connectivity index (χ3n) is 5.24. The predicted molar refractivity (Wildman–Crippen MR) is 89.8 cm³/mol. The number of rotatable bonds is 2. The standard InChI is InChI=1S/C19H26N2O2/c1-14-7-9-15(10-8-14)18-16(13-17(22)20(18)2)19(23)21-11-5-3-4-6-12-21/h7-10,16,18H,3-6,11-13H2,1-2H3/t16-,18+/m1/s1. The van der Waals surface area contributed by atoms with E-state index in [0.717, 1.165) is 31.5 Å². The van der Waals surface area contributed by atoms with Gasteiger partial charge >= 0.3 is 0 Å². The van der Waals surface area contributed by atoms with Crippen LogP contribution >= 0.6 is 0 Å². The molecule has 0 N–H and O–H groups in total. The summed E-state index contributed by atoms with van der Waals surface area (Å²) in [5.41, 5.74) is 2.26. The maximum absolute atomic E-state index is 13.0. The molecule has 0 spiro atoms. The first kappa shape index (κ1) is 16.0. The summed E-state index contributed by atoms with van der Waals surface area (Å²) in [6.45, 7) is 3.73. The second kappa shape index (κ2) is 6.73. The molecule has 4 nitrogen and oxygen atoms in total. The zero-order chi connectivity index (χ0) is 16.4. The highest BCUT2D eigenvalue weighted by Gasteiger charge is 2.44. The third-order valence-corrected chi connectivity index (χ3v) is 5.24. The lowest BCUT2D eigenvalue weighted by molar-refractivity contribution is -0.136. The quantitative estimate of drug-likeness (QED) is 0.842. The molecule has 2 amide bonds. The third kappa shape index (κ3) is 3.26. The van der Waals surface area contributed by atoms with Crippen LogP contribution < -0.4 is 0 Å². The number of nitrogens with zero attached hydrogens (tertiary/aromatic N) is 2. The summed E-state index contributed by atoms with van der Waals surface area (Å²) in [4.78, 5) is 29.0. The van der Waals surface area contributed by atoms with E-state index in [4.69, 9.17) is 0 Å². The van der Waals surface area contributed by atoms with Crippen LogP contribution in [-0.4, -0.2) is 41.8 Å². The molecule has 124 valence electrons. The van der Waals surface area contributed by atoms with Crippen LogP contribution in [0.5, 0.6) is 0 Å². The Morgan fingerprint density at radius 2 is 1.65 bits per heavy atom. The minimum absolute atomic E-state index is 0.0729. The summed E-state index contributed by atoms with van der Waals surface area (Å²) in [7, 11) is 1.82. The van der Waals surface area contributed by atoms with Gasteiger partial charge in [-0.3, -0.25) is 9.59 Å². The fourth-order valence-corrected chi connectivity index (χ4v) is 3.84. The van der Waals surface area contributed by atoms with Gasteiger partial charge in [0.25, 0.3) is 0 Å². The number of amides is 2. The normalized spacial score (nSPS) is 25.6.